The Kier molecular flexibility index (Phi) is 8.52. The minimum atomic E-state index is -4.40. The minimum absolute atomic E-state index is 0.157. The van der Waals surface area contributed by atoms with Crippen molar-refractivity contribution in [3.8, 4) is 0 Å². The zero-order valence-electron chi connectivity index (χ0n) is 21.1. The average Bonchev–Trinajstić information content (AvgIpc) is 2.94. The third kappa shape index (κ3) is 6.21. The van der Waals surface area contributed by atoms with Gasteiger partial charge in [-0.25, -0.2) is 22.0 Å². The highest BCUT2D eigenvalue weighted by molar-refractivity contribution is 7.92. The van der Waals surface area contributed by atoms with E-state index in [1.165, 1.54) is 29.2 Å². The molecule has 202 valence electrons. The summed E-state index contributed by atoms with van der Waals surface area (Å²) in [5.74, 6) is -1.73. The van der Waals surface area contributed by atoms with Crippen molar-refractivity contribution in [3.05, 3.63) is 125 Å². The second-order valence-electron chi connectivity index (χ2n) is 8.67. The molecule has 0 radical (unpaired) electrons. The van der Waals surface area contributed by atoms with Gasteiger partial charge in [-0.1, -0.05) is 54.1 Å². The lowest BCUT2D eigenvalue weighted by Crippen LogP contribution is -2.35. The monoisotopic (exact) mass is 570 g/mol. The van der Waals surface area contributed by atoms with Crippen molar-refractivity contribution in [1.82, 2.24) is 0 Å². The number of anilines is 2. The summed E-state index contributed by atoms with van der Waals surface area (Å²) < 4.78 is 63.3. The molecule has 1 atom stereocenters. The van der Waals surface area contributed by atoms with E-state index in [1.807, 2.05) is 6.07 Å². The highest BCUT2D eigenvalue weighted by atomic mass is 35.5. The number of hydrogen-bond donors (Lipinski definition) is 0. The first-order valence-corrected chi connectivity index (χ1v) is 13.7. The Morgan fingerprint density at radius 3 is 2.26 bits per heavy atom. The quantitative estimate of drug-likeness (QED) is 0.222. The van der Waals surface area contributed by atoms with Gasteiger partial charge in [0.05, 0.1) is 16.6 Å². The predicted octanol–water partition coefficient (Wildman–Crippen LogP) is 7.35. The molecule has 0 heterocycles. The molecule has 0 aliphatic carbocycles. The van der Waals surface area contributed by atoms with E-state index in [-0.39, 0.29) is 11.5 Å². The number of benzene rings is 4. The largest absolute Gasteiger partial charge is 0.444 e. The summed E-state index contributed by atoms with van der Waals surface area (Å²) in [4.78, 5) is 13.9. The molecule has 6 nitrogen and oxygen atoms in total. The number of sulfonamides is 1. The third-order valence-electron chi connectivity index (χ3n) is 6.14. The smallest absolute Gasteiger partial charge is 0.414 e. The van der Waals surface area contributed by atoms with Gasteiger partial charge in [-0.05, 0) is 66.6 Å². The lowest BCUT2D eigenvalue weighted by atomic mass is 10.0. The first-order chi connectivity index (χ1) is 18.6. The van der Waals surface area contributed by atoms with Crippen LogP contribution >= 0.6 is 11.6 Å². The molecule has 0 spiro atoms. The molecular weight excluding hydrogens is 546 g/mol. The van der Waals surface area contributed by atoms with Gasteiger partial charge in [0, 0.05) is 23.8 Å². The van der Waals surface area contributed by atoms with Crippen molar-refractivity contribution in [2.45, 2.75) is 24.5 Å². The van der Waals surface area contributed by atoms with Crippen molar-refractivity contribution >= 4 is 39.1 Å². The molecular formula is C29H25ClF2N2O4S. The lowest BCUT2D eigenvalue weighted by molar-refractivity contribution is 0.148. The van der Waals surface area contributed by atoms with Crippen LogP contribution in [0.1, 0.15) is 24.1 Å². The molecule has 10 heteroatoms. The van der Waals surface area contributed by atoms with Crippen molar-refractivity contribution in [2.75, 3.05) is 16.3 Å². The van der Waals surface area contributed by atoms with Crippen molar-refractivity contribution in [1.29, 1.82) is 0 Å². The molecule has 0 aliphatic rings. The molecule has 0 saturated heterocycles. The summed E-state index contributed by atoms with van der Waals surface area (Å²) in [6, 6.07) is 22.6. The zero-order valence-corrected chi connectivity index (χ0v) is 22.7. The van der Waals surface area contributed by atoms with E-state index in [1.54, 1.807) is 62.5 Å². The number of ether oxygens (including phenoxy) is 1. The maximum absolute atomic E-state index is 15.0. The molecule has 0 unspecified atom stereocenters. The van der Waals surface area contributed by atoms with E-state index in [2.05, 4.69) is 0 Å². The standard InChI is InChI=1S/C29H25ClF2N2O4S/c1-20(26-11-7-6-8-21(26)19-38-29(35)33(2)24-9-4-3-5-10-24)34(28-18-23(31)14-17-27(28)32)39(36,37)25-15-12-22(30)13-16-25/h3-18,20H,19H2,1-2H3/t20-/m1/s1. The zero-order chi connectivity index (χ0) is 28.2. The fourth-order valence-electron chi connectivity index (χ4n) is 4.11. The van der Waals surface area contributed by atoms with Gasteiger partial charge in [-0.2, -0.15) is 0 Å². The minimum Gasteiger partial charge on any atom is -0.444 e. The van der Waals surface area contributed by atoms with Crippen LogP contribution in [0.15, 0.2) is 102 Å². The Morgan fingerprint density at radius 1 is 0.923 bits per heavy atom. The van der Waals surface area contributed by atoms with Crippen LogP contribution in [0.5, 0.6) is 0 Å². The maximum atomic E-state index is 15.0. The summed E-state index contributed by atoms with van der Waals surface area (Å²) in [6.07, 6.45) is -0.620. The van der Waals surface area contributed by atoms with E-state index in [0.29, 0.717) is 21.8 Å². The summed E-state index contributed by atoms with van der Waals surface area (Å²) in [7, 11) is -2.83. The predicted molar refractivity (Wildman–Crippen MR) is 147 cm³/mol. The summed E-state index contributed by atoms with van der Waals surface area (Å²) in [5, 5.41) is 0.318. The number of para-hydroxylation sites is 1. The average molecular weight is 571 g/mol. The van der Waals surface area contributed by atoms with Gasteiger partial charge in [0.25, 0.3) is 10.0 Å². The van der Waals surface area contributed by atoms with Gasteiger partial charge in [-0.15, -0.1) is 0 Å². The van der Waals surface area contributed by atoms with Crippen LogP contribution in [0.25, 0.3) is 0 Å². The number of halogens is 3. The number of nitrogens with zero attached hydrogens (tertiary/aromatic N) is 2. The van der Waals surface area contributed by atoms with Crippen LogP contribution in [0.4, 0.5) is 25.0 Å². The molecule has 0 fully saturated rings. The van der Waals surface area contributed by atoms with Crippen LogP contribution in [0, 0.1) is 11.6 Å². The molecule has 0 N–H and O–H groups in total. The Morgan fingerprint density at radius 2 is 1.56 bits per heavy atom. The van der Waals surface area contributed by atoms with Gasteiger partial charge in [0.15, 0.2) is 0 Å². The highest BCUT2D eigenvalue weighted by Gasteiger charge is 2.33. The van der Waals surface area contributed by atoms with Crippen LogP contribution < -0.4 is 9.21 Å². The molecule has 4 aromatic carbocycles. The number of rotatable bonds is 8. The van der Waals surface area contributed by atoms with Crippen molar-refractivity contribution in [2.24, 2.45) is 0 Å². The highest BCUT2D eigenvalue weighted by Crippen LogP contribution is 2.37. The normalized spacial score (nSPS) is 12.0. The van der Waals surface area contributed by atoms with E-state index in [9.17, 15) is 17.6 Å². The first-order valence-electron chi connectivity index (χ1n) is 11.9. The van der Waals surface area contributed by atoms with Crippen molar-refractivity contribution < 1.29 is 26.7 Å². The van der Waals surface area contributed by atoms with Crippen LogP contribution in [-0.4, -0.2) is 21.6 Å². The van der Waals surface area contributed by atoms with Crippen LogP contribution in [0.2, 0.25) is 5.02 Å². The number of hydrogen-bond acceptors (Lipinski definition) is 4. The van der Waals surface area contributed by atoms with E-state index >= 15 is 4.39 Å². The Balaban J connectivity index is 1.71. The molecule has 0 aliphatic heterocycles. The summed E-state index contributed by atoms with van der Waals surface area (Å²) >= 11 is 5.94. The molecule has 39 heavy (non-hydrogen) atoms. The Labute approximate surface area is 231 Å². The second-order valence-corrected chi connectivity index (χ2v) is 10.9. The van der Waals surface area contributed by atoms with E-state index in [0.717, 1.165) is 22.5 Å². The number of amides is 1. The molecule has 4 rings (SSSR count). The van der Waals surface area contributed by atoms with Gasteiger partial charge in [0.1, 0.15) is 18.2 Å². The molecule has 0 saturated carbocycles. The van der Waals surface area contributed by atoms with E-state index in [4.69, 9.17) is 16.3 Å². The second kappa shape index (κ2) is 11.8. The third-order valence-corrected chi connectivity index (χ3v) is 8.29. The molecule has 4 aromatic rings. The topological polar surface area (TPSA) is 66.9 Å². The molecule has 1 amide bonds. The van der Waals surface area contributed by atoms with Gasteiger partial charge < -0.3 is 4.74 Å². The molecule has 0 aromatic heterocycles. The van der Waals surface area contributed by atoms with Crippen LogP contribution in [0.3, 0.4) is 0 Å². The number of carbonyl (C=O) groups is 1. The maximum Gasteiger partial charge on any atom is 0.414 e. The fourth-order valence-corrected chi connectivity index (χ4v) is 5.88. The van der Waals surface area contributed by atoms with Gasteiger partial charge >= 0.3 is 6.09 Å². The summed E-state index contributed by atoms with van der Waals surface area (Å²) in [6.45, 7) is 1.37. The van der Waals surface area contributed by atoms with Gasteiger partial charge in [-0.3, -0.25) is 9.21 Å². The van der Waals surface area contributed by atoms with Crippen molar-refractivity contribution in [3.63, 3.8) is 0 Å². The fraction of sp³-hybridized carbons (Fsp3) is 0.138. The number of carbonyl (C=O) groups excluding carboxylic acids is 1. The Hall–Kier alpha value is -3.95. The van der Waals surface area contributed by atoms with E-state index < -0.39 is 39.5 Å². The molecule has 0 bridgehead atoms. The summed E-state index contributed by atoms with van der Waals surface area (Å²) in [5.41, 5.74) is 1.10. The van der Waals surface area contributed by atoms with Crippen LogP contribution in [-0.2, 0) is 21.4 Å². The lowest BCUT2D eigenvalue weighted by Gasteiger charge is -2.32. The van der Waals surface area contributed by atoms with Gasteiger partial charge in [0.2, 0.25) is 0 Å². The Bertz CT molecular complexity index is 1570. The SMILES string of the molecule is C[C@H](c1ccccc1COC(=O)N(C)c1ccccc1)N(c1cc(F)ccc1F)S(=O)(=O)c1ccc(Cl)cc1. The first kappa shape index (κ1) is 28.1.